The van der Waals surface area contributed by atoms with E-state index < -0.39 is 0 Å². The lowest BCUT2D eigenvalue weighted by molar-refractivity contribution is 0.667. The second kappa shape index (κ2) is 13.9. The summed E-state index contributed by atoms with van der Waals surface area (Å²) in [5.74, 6) is 0.653. The summed E-state index contributed by atoms with van der Waals surface area (Å²) in [5.41, 5.74) is 16.6. The van der Waals surface area contributed by atoms with Gasteiger partial charge in [0, 0.05) is 16.5 Å². The van der Waals surface area contributed by atoms with Crippen molar-refractivity contribution < 1.29 is 4.42 Å². The standard InChI is InChI=1S/C52H34N2O/c1-3-13-35(14-4-1)37-27-29-38(30-28-37)40-18-10-20-42(32-40)44-22-12-24-46(34-44)52-53-49(51-50(54-52)47-25-7-8-26-48(47)55-51)45-23-11-21-43(33-45)41-19-9-17-39(31-41)36-15-5-2-6-16-36/h1-34H. The average molecular weight is 703 g/mol. The number of benzene rings is 8. The van der Waals surface area contributed by atoms with Crippen LogP contribution in [0, 0.1) is 0 Å². The smallest absolute Gasteiger partial charge is 0.180 e. The molecule has 258 valence electrons. The van der Waals surface area contributed by atoms with Gasteiger partial charge in [-0.2, -0.15) is 0 Å². The molecule has 3 heteroatoms. The highest BCUT2D eigenvalue weighted by Gasteiger charge is 2.19. The Kier molecular flexibility index (Phi) is 8.16. The van der Waals surface area contributed by atoms with Gasteiger partial charge in [-0.05, 0) is 92.0 Å². The number of nitrogens with zero attached hydrogens (tertiary/aromatic N) is 2. The summed E-state index contributed by atoms with van der Waals surface area (Å²) in [5, 5.41) is 0.969. The summed E-state index contributed by atoms with van der Waals surface area (Å²) in [7, 11) is 0. The normalized spacial score (nSPS) is 11.3. The summed E-state index contributed by atoms with van der Waals surface area (Å²) in [4.78, 5) is 10.4. The number of furan rings is 1. The average Bonchev–Trinajstić information content (AvgIpc) is 3.66. The molecule has 0 unspecified atom stereocenters. The number of fused-ring (bicyclic) bond motifs is 3. The molecule has 0 atom stereocenters. The Balaban J connectivity index is 1.04. The molecule has 0 bridgehead atoms. The van der Waals surface area contributed by atoms with Crippen molar-refractivity contribution in [1.82, 2.24) is 9.97 Å². The van der Waals surface area contributed by atoms with Crippen LogP contribution in [0.5, 0.6) is 0 Å². The summed E-state index contributed by atoms with van der Waals surface area (Å²) < 4.78 is 6.51. The summed E-state index contributed by atoms with van der Waals surface area (Å²) in [6, 6.07) is 72.4. The van der Waals surface area contributed by atoms with E-state index in [9.17, 15) is 0 Å². The summed E-state index contributed by atoms with van der Waals surface area (Å²) >= 11 is 0. The van der Waals surface area contributed by atoms with Gasteiger partial charge < -0.3 is 4.42 Å². The second-order valence-electron chi connectivity index (χ2n) is 13.8. The van der Waals surface area contributed by atoms with Crippen LogP contribution in [0.15, 0.2) is 211 Å². The molecule has 0 amide bonds. The lowest BCUT2D eigenvalue weighted by atomic mass is 9.96. The highest BCUT2D eigenvalue weighted by Crippen LogP contribution is 2.38. The SMILES string of the molecule is c1ccc(-c2ccc(-c3cccc(-c4cccc(-c5nc(-c6cccc(-c7cccc(-c8ccccc8)c7)c6)c6oc7ccccc7c6n5)c4)c3)cc2)cc1. The molecule has 0 spiro atoms. The summed E-state index contributed by atoms with van der Waals surface area (Å²) in [6.45, 7) is 0. The van der Waals surface area contributed by atoms with E-state index in [4.69, 9.17) is 14.4 Å². The van der Waals surface area contributed by atoms with Crippen LogP contribution in [-0.4, -0.2) is 9.97 Å². The minimum Gasteiger partial charge on any atom is -0.452 e. The number of hydrogen-bond donors (Lipinski definition) is 0. The maximum Gasteiger partial charge on any atom is 0.180 e. The van der Waals surface area contributed by atoms with Gasteiger partial charge in [-0.1, -0.05) is 170 Å². The first kappa shape index (κ1) is 32.3. The molecule has 2 heterocycles. The topological polar surface area (TPSA) is 38.9 Å². The molecule has 55 heavy (non-hydrogen) atoms. The summed E-state index contributed by atoms with van der Waals surface area (Å²) in [6.07, 6.45) is 0. The fraction of sp³-hybridized carbons (Fsp3) is 0. The van der Waals surface area contributed by atoms with Crippen molar-refractivity contribution >= 4 is 22.1 Å². The zero-order chi connectivity index (χ0) is 36.6. The minimum atomic E-state index is 0.653. The molecule has 0 saturated carbocycles. The van der Waals surface area contributed by atoms with E-state index >= 15 is 0 Å². The van der Waals surface area contributed by atoms with Gasteiger partial charge in [0.05, 0.1) is 0 Å². The Morgan fingerprint density at radius 2 is 0.673 bits per heavy atom. The Morgan fingerprint density at radius 3 is 1.25 bits per heavy atom. The van der Waals surface area contributed by atoms with E-state index in [-0.39, 0.29) is 0 Å². The third kappa shape index (κ3) is 6.28. The predicted molar refractivity (Wildman–Crippen MR) is 227 cm³/mol. The molecule has 0 fully saturated rings. The van der Waals surface area contributed by atoms with Gasteiger partial charge in [0.1, 0.15) is 16.8 Å². The van der Waals surface area contributed by atoms with Gasteiger partial charge >= 0.3 is 0 Å². The predicted octanol–water partition coefficient (Wildman–Crippen LogP) is 14.0. The first-order valence-corrected chi connectivity index (χ1v) is 18.6. The molecule has 10 aromatic rings. The Labute approximate surface area is 319 Å². The third-order valence-electron chi connectivity index (χ3n) is 10.3. The van der Waals surface area contributed by atoms with Crippen LogP contribution in [0.4, 0.5) is 0 Å². The first-order valence-electron chi connectivity index (χ1n) is 18.6. The fourth-order valence-corrected chi connectivity index (χ4v) is 7.47. The molecule has 0 aliphatic rings. The lowest BCUT2D eigenvalue weighted by Crippen LogP contribution is -1.94. The Bertz CT molecular complexity index is 2960. The molecule has 3 nitrogen and oxygen atoms in total. The van der Waals surface area contributed by atoms with Crippen LogP contribution in [-0.2, 0) is 0 Å². The van der Waals surface area contributed by atoms with Crippen LogP contribution in [0.1, 0.15) is 0 Å². The fourth-order valence-electron chi connectivity index (χ4n) is 7.47. The maximum atomic E-state index is 6.51. The van der Waals surface area contributed by atoms with Crippen LogP contribution < -0.4 is 0 Å². The van der Waals surface area contributed by atoms with Crippen LogP contribution >= 0.6 is 0 Å². The number of para-hydroxylation sites is 1. The van der Waals surface area contributed by atoms with E-state index in [2.05, 4.69) is 176 Å². The van der Waals surface area contributed by atoms with E-state index in [0.29, 0.717) is 11.4 Å². The lowest BCUT2D eigenvalue weighted by Gasteiger charge is -2.11. The van der Waals surface area contributed by atoms with Crippen molar-refractivity contribution in [3.63, 3.8) is 0 Å². The largest absolute Gasteiger partial charge is 0.452 e. The molecule has 8 aromatic carbocycles. The van der Waals surface area contributed by atoms with Gasteiger partial charge in [-0.15, -0.1) is 0 Å². The van der Waals surface area contributed by atoms with Gasteiger partial charge in [-0.25, -0.2) is 9.97 Å². The highest BCUT2D eigenvalue weighted by atomic mass is 16.3. The van der Waals surface area contributed by atoms with Crippen molar-refractivity contribution in [2.45, 2.75) is 0 Å². The molecule has 0 aliphatic heterocycles. The molecular weight excluding hydrogens is 669 g/mol. The minimum absolute atomic E-state index is 0.653. The second-order valence-corrected chi connectivity index (χ2v) is 13.8. The Hall–Kier alpha value is -7.36. The molecule has 2 aromatic heterocycles. The van der Waals surface area contributed by atoms with Crippen LogP contribution in [0.2, 0.25) is 0 Å². The molecule has 0 aliphatic carbocycles. The van der Waals surface area contributed by atoms with E-state index in [1.54, 1.807) is 0 Å². The molecular formula is C52H34N2O. The molecule has 10 rings (SSSR count). The third-order valence-corrected chi connectivity index (χ3v) is 10.3. The van der Waals surface area contributed by atoms with Crippen LogP contribution in [0.25, 0.3) is 100 Å². The first-order chi connectivity index (χ1) is 27.2. The van der Waals surface area contributed by atoms with Crippen molar-refractivity contribution in [1.29, 1.82) is 0 Å². The van der Waals surface area contributed by atoms with E-state index in [1.165, 1.54) is 33.4 Å². The van der Waals surface area contributed by atoms with Crippen LogP contribution in [0.3, 0.4) is 0 Å². The van der Waals surface area contributed by atoms with Crippen molar-refractivity contribution in [2.75, 3.05) is 0 Å². The van der Waals surface area contributed by atoms with Gasteiger partial charge in [0.25, 0.3) is 0 Å². The van der Waals surface area contributed by atoms with Gasteiger partial charge in [-0.3, -0.25) is 0 Å². The molecule has 0 radical (unpaired) electrons. The number of rotatable bonds is 7. The zero-order valence-electron chi connectivity index (χ0n) is 29.9. The quantitative estimate of drug-likeness (QED) is 0.166. The monoisotopic (exact) mass is 702 g/mol. The van der Waals surface area contributed by atoms with E-state index in [1.807, 2.05) is 30.3 Å². The Morgan fingerprint density at radius 1 is 0.291 bits per heavy atom. The van der Waals surface area contributed by atoms with Gasteiger partial charge in [0.15, 0.2) is 11.4 Å². The number of hydrogen-bond acceptors (Lipinski definition) is 3. The molecule has 0 N–H and O–H groups in total. The number of aromatic nitrogens is 2. The zero-order valence-corrected chi connectivity index (χ0v) is 29.9. The van der Waals surface area contributed by atoms with Crippen molar-refractivity contribution in [2.24, 2.45) is 0 Å². The maximum absolute atomic E-state index is 6.51. The van der Waals surface area contributed by atoms with Gasteiger partial charge in [0.2, 0.25) is 0 Å². The van der Waals surface area contributed by atoms with Crippen molar-refractivity contribution in [3.8, 4) is 78.3 Å². The van der Waals surface area contributed by atoms with E-state index in [0.717, 1.165) is 55.6 Å². The molecule has 0 saturated heterocycles. The highest BCUT2D eigenvalue weighted by molar-refractivity contribution is 6.07. The van der Waals surface area contributed by atoms with Crippen molar-refractivity contribution in [3.05, 3.63) is 206 Å².